The van der Waals surface area contributed by atoms with Gasteiger partial charge in [0.15, 0.2) is 0 Å². The standard InChI is InChI=1S/C11H19NO/c1-4-6-9(5-2)12-10-7-11(8-10)13-3/h2,9-12H,4,6-8H2,1,3H3. The fourth-order valence-corrected chi connectivity index (χ4v) is 1.68. The molecule has 0 aromatic carbocycles. The smallest absolute Gasteiger partial charge is 0.0689 e. The van der Waals surface area contributed by atoms with Crippen LogP contribution in [0.2, 0.25) is 0 Å². The highest BCUT2D eigenvalue weighted by Gasteiger charge is 2.29. The fourth-order valence-electron chi connectivity index (χ4n) is 1.68. The summed E-state index contributed by atoms with van der Waals surface area (Å²) in [5.74, 6) is 2.78. The van der Waals surface area contributed by atoms with E-state index >= 15 is 0 Å². The summed E-state index contributed by atoms with van der Waals surface area (Å²) >= 11 is 0. The molecule has 1 rings (SSSR count). The van der Waals surface area contributed by atoms with Gasteiger partial charge in [-0.1, -0.05) is 19.3 Å². The maximum Gasteiger partial charge on any atom is 0.0689 e. The van der Waals surface area contributed by atoms with Crippen molar-refractivity contribution in [3.8, 4) is 12.3 Å². The Balaban J connectivity index is 2.15. The molecule has 0 bridgehead atoms. The lowest BCUT2D eigenvalue weighted by Gasteiger charge is -2.36. The van der Waals surface area contributed by atoms with E-state index in [0.717, 1.165) is 25.7 Å². The third-order valence-corrected chi connectivity index (χ3v) is 2.64. The Hall–Kier alpha value is -0.520. The Kier molecular flexibility index (Phi) is 4.27. The van der Waals surface area contributed by atoms with Gasteiger partial charge in [0.1, 0.15) is 0 Å². The van der Waals surface area contributed by atoms with Crippen LogP contribution in [0.5, 0.6) is 0 Å². The predicted octanol–water partition coefficient (Wildman–Crippen LogP) is 1.56. The number of hydrogen-bond acceptors (Lipinski definition) is 2. The average molecular weight is 181 g/mol. The van der Waals surface area contributed by atoms with Crippen molar-refractivity contribution in [2.75, 3.05) is 7.11 Å². The Morgan fingerprint density at radius 2 is 2.31 bits per heavy atom. The molecule has 13 heavy (non-hydrogen) atoms. The third kappa shape index (κ3) is 3.02. The van der Waals surface area contributed by atoms with Gasteiger partial charge < -0.3 is 10.1 Å². The molecule has 2 heteroatoms. The Bertz CT molecular complexity index is 179. The molecule has 1 unspecified atom stereocenters. The van der Waals surface area contributed by atoms with Crippen molar-refractivity contribution in [2.45, 2.75) is 50.8 Å². The number of nitrogens with one attached hydrogen (secondary N) is 1. The molecule has 0 saturated heterocycles. The highest BCUT2D eigenvalue weighted by molar-refractivity contribution is 5.01. The largest absolute Gasteiger partial charge is 0.381 e. The molecule has 1 fully saturated rings. The lowest BCUT2D eigenvalue weighted by molar-refractivity contribution is 0.0157. The lowest BCUT2D eigenvalue weighted by Crippen LogP contribution is -2.48. The first kappa shape index (κ1) is 10.6. The van der Waals surface area contributed by atoms with Crippen LogP contribution in [0.4, 0.5) is 0 Å². The fraction of sp³-hybridized carbons (Fsp3) is 0.818. The van der Waals surface area contributed by atoms with E-state index in [2.05, 4.69) is 18.2 Å². The summed E-state index contributed by atoms with van der Waals surface area (Å²) in [5, 5.41) is 3.45. The number of ether oxygens (including phenoxy) is 1. The van der Waals surface area contributed by atoms with Crippen LogP contribution in [0, 0.1) is 12.3 Å². The highest BCUT2D eigenvalue weighted by Crippen LogP contribution is 2.23. The number of terminal acetylenes is 1. The summed E-state index contributed by atoms with van der Waals surface area (Å²) in [6.45, 7) is 2.16. The van der Waals surface area contributed by atoms with E-state index in [4.69, 9.17) is 11.2 Å². The molecule has 0 spiro atoms. The minimum Gasteiger partial charge on any atom is -0.381 e. The van der Waals surface area contributed by atoms with Crippen LogP contribution in [0.25, 0.3) is 0 Å². The van der Waals surface area contributed by atoms with Crippen molar-refractivity contribution in [3.63, 3.8) is 0 Å². The van der Waals surface area contributed by atoms with Crippen LogP contribution >= 0.6 is 0 Å². The molecule has 0 radical (unpaired) electrons. The van der Waals surface area contributed by atoms with Gasteiger partial charge in [-0.2, -0.15) is 0 Å². The van der Waals surface area contributed by atoms with E-state index in [9.17, 15) is 0 Å². The van der Waals surface area contributed by atoms with Crippen LogP contribution in [0.3, 0.4) is 0 Å². The van der Waals surface area contributed by atoms with E-state index in [1.807, 2.05) is 0 Å². The second-order valence-corrected chi connectivity index (χ2v) is 3.70. The second-order valence-electron chi connectivity index (χ2n) is 3.70. The molecule has 1 atom stereocenters. The zero-order chi connectivity index (χ0) is 9.68. The van der Waals surface area contributed by atoms with E-state index in [1.165, 1.54) is 0 Å². The molecule has 0 amide bonds. The summed E-state index contributed by atoms with van der Waals surface area (Å²) in [6.07, 6.45) is 10.3. The van der Waals surface area contributed by atoms with Crippen LogP contribution in [0.15, 0.2) is 0 Å². The van der Waals surface area contributed by atoms with Crippen molar-refractivity contribution >= 4 is 0 Å². The molecule has 0 heterocycles. The molecule has 2 nitrogen and oxygen atoms in total. The summed E-state index contributed by atoms with van der Waals surface area (Å²) < 4.78 is 5.20. The zero-order valence-corrected chi connectivity index (χ0v) is 8.55. The average Bonchev–Trinajstić information content (AvgIpc) is 2.08. The summed E-state index contributed by atoms with van der Waals surface area (Å²) in [4.78, 5) is 0. The first-order valence-electron chi connectivity index (χ1n) is 5.05. The highest BCUT2D eigenvalue weighted by atomic mass is 16.5. The molecule has 0 aromatic heterocycles. The Morgan fingerprint density at radius 3 is 2.77 bits per heavy atom. The topological polar surface area (TPSA) is 21.3 Å². The van der Waals surface area contributed by atoms with Gasteiger partial charge in [0, 0.05) is 13.2 Å². The van der Waals surface area contributed by atoms with Crippen molar-refractivity contribution in [3.05, 3.63) is 0 Å². The van der Waals surface area contributed by atoms with Gasteiger partial charge in [-0.15, -0.1) is 6.42 Å². The Labute approximate surface area is 81.0 Å². The molecule has 0 aliphatic heterocycles. The van der Waals surface area contributed by atoms with Gasteiger partial charge in [0.2, 0.25) is 0 Å². The van der Waals surface area contributed by atoms with Gasteiger partial charge in [0.05, 0.1) is 12.1 Å². The minimum absolute atomic E-state index is 0.257. The summed E-state index contributed by atoms with van der Waals surface area (Å²) in [6, 6.07) is 0.838. The molecule has 1 N–H and O–H groups in total. The van der Waals surface area contributed by atoms with E-state index in [-0.39, 0.29) is 6.04 Å². The molecule has 1 aliphatic carbocycles. The molecular weight excluding hydrogens is 162 g/mol. The predicted molar refractivity (Wildman–Crippen MR) is 54.5 cm³/mol. The number of methoxy groups -OCH3 is 1. The van der Waals surface area contributed by atoms with Crippen LogP contribution in [-0.4, -0.2) is 25.3 Å². The summed E-state index contributed by atoms with van der Waals surface area (Å²) in [5.41, 5.74) is 0. The van der Waals surface area contributed by atoms with E-state index in [1.54, 1.807) is 7.11 Å². The molecule has 1 saturated carbocycles. The van der Waals surface area contributed by atoms with E-state index < -0.39 is 0 Å². The lowest BCUT2D eigenvalue weighted by atomic mass is 9.88. The van der Waals surface area contributed by atoms with Gasteiger partial charge in [-0.25, -0.2) is 0 Å². The molecule has 0 aromatic rings. The quantitative estimate of drug-likeness (QED) is 0.650. The normalized spacial score (nSPS) is 29.0. The summed E-state index contributed by atoms with van der Waals surface area (Å²) in [7, 11) is 1.77. The first-order chi connectivity index (χ1) is 6.30. The van der Waals surface area contributed by atoms with Crippen LogP contribution in [-0.2, 0) is 4.74 Å². The third-order valence-electron chi connectivity index (χ3n) is 2.64. The van der Waals surface area contributed by atoms with Crippen molar-refractivity contribution < 1.29 is 4.74 Å². The zero-order valence-electron chi connectivity index (χ0n) is 8.55. The van der Waals surface area contributed by atoms with E-state index in [0.29, 0.717) is 12.1 Å². The van der Waals surface area contributed by atoms with Gasteiger partial charge in [-0.3, -0.25) is 0 Å². The van der Waals surface area contributed by atoms with Gasteiger partial charge in [0.25, 0.3) is 0 Å². The molecular formula is C11H19NO. The monoisotopic (exact) mass is 181 g/mol. The SMILES string of the molecule is C#CC(CCC)NC1CC(OC)C1. The number of hydrogen-bond donors (Lipinski definition) is 1. The van der Waals surface area contributed by atoms with Crippen molar-refractivity contribution in [1.82, 2.24) is 5.32 Å². The maximum atomic E-state index is 5.41. The number of rotatable bonds is 5. The minimum atomic E-state index is 0.257. The van der Waals surface area contributed by atoms with Gasteiger partial charge in [-0.05, 0) is 19.3 Å². The molecule has 1 aliphatic rings. The van der Waals surface area contributed by atoms with Crippen LogP contribution in [0.1, 0.15) is 32.6 Å². The first-order valence-corrected chi connectivity index (χ1v) is 5.05. The Morgan fingerprint density at radius 1 is 1.62 bits per heavy atom. The van der Waals surface area contributed by atoms with Crippen molar-refractivity contribution in [1.29, 1.82) is 0 Å². The molecule has 74 valence electrons. The van der Waals surface area contributed by atoms with Gasteiger partial charge >= 0.3 is 0 Å². The second kappa shape index (κ2) is 5.26. The van der Waals surface area contributed by atoms with Crippen molar-refractivity contribution in [2.24, 2.45) is 0 Å². The maximum absolute atomic E-state index is 5.41. The van der Waals surface area contributed by atoms with Crippen LogP contribution < -0.4 is 5.32 Å².